The highest BCUT2D eigenvalue weighted by Crippen LogP contribution is 2.14. The first-order valence-electron chi connectivity index (χ1n) is 6.10. The summed E-state index contributed by atoms with van der Waals surface area (Å²) >= 11 is 9.36. The molecule has 8 heteroatoms. The van der Waals surface area contributed by atoms with Crippen molar-refractivity contribution in [2.24, 2.45) is 0 Å². The topological polar surface area (TPSA) is 68.5 Å². The van der Waals surface area contributed by atoms with Crippen molar-refractivity contribution in [2.75, 3.05) is 5.32 Å². The number of anilines is 1. The fourth-order valence-corrected chi connectivity index (χ4v) is 2.34. The van der Waals surface area contributed by atoms with E-state index in [4.69, 9.17) is 11.6 Å². The van der Waals surface area contributed by atoms with Crippen molar-refractivity contribution in [2.45, 2.75) is 6.54 Å². The Balaban J connectivity index is 1.79. The Labute approximate surface area is 134 Å². The van der Waals surface area contributed by atoms with Crippen molar-refractivity contribution in [3.8, 4) is 5.95 Å². The van der Waals surface area contributed by atoms with E-state index < -0.39 is 0 Å². The molecule has 0 radical (unpaired) electrons. The molecule has 0 aliphatic carbocycles. The van der Waals surface area contributed by atoms with E-state index in [1.807, 2.05) is 24.3 Å². The van der Waals surface area contributed by atoms with Gasteiger partial charge in [-0.3, -0.25) is 0 Å². The van der Waals surface area contributed by atoms with Gasteiger partial charge in [0.15, 0.2) is 0 Å². The molecule has 2 aromatic heterocycles. The van der Waals surface area contributed by atoms with Gasteiger partial charge in [0.05, 0.1) is 0 Å². The fraction of sp³-hybridized carbons (Fsp3) is 0.0769. The van der Waals surface area contributed by atoms with Crippen LogP contribution in [-0.4, -0.2) is 24.7 Å². The summed E-state index contributed by atoms with van der Waals surface area (Å²) < 4.78 is 2.55. The molecule has 0 spiro atoms. The minimum Gasteiger partial charge on any atom is -0.350 e. The van der Waals surface area contributed by atoms with Gasteiger partial charge in [-0.2, -0.15) is 20.1 Å². The van der Waals surface area contributed by atoms with Crippen LogP contribution in [0.15, 0.2) is 47.2 Å². The van der Waals surface area contributed by atoms with Gasteiger partial charge in [-0.25, -0.2) is 4.68 Å². The zero-order valence-electron chi connectivity index (χ0n) is 10.7. The Morgan fingerprint density at radius 1 is 1.19 bits per heavy atom. The van der Waals surface area contributed by atoms with Gasteiger partial charge in [0.25, 0.3) is 5.95 Å². The van der Waals surface area contributed by atoms with Crippen LogP contribution in [0.25, 0.3) is 5.95 Å². The summed E-state index contributed by atoms with van der Waals surface area (Å²) in [5, 5.41) is 7.31. The van der Waals surface area contributed by atoms with E-state index in [-0.39, 0.29) is 5.28 Å². The van der Waals surface area contributed by atoms with Crippen LogP contribution in [0.1, 0.15) is 5.56 Å². The summed E-state index contributed by atoms with van der Waals surface area (Å²) in [5.74, 6) is 0.775. The SMILES string of the molecule is Clc1nc(NCc2cccc(Br)c2)nc(-n2cccn2)n1. The molecule has 6 nitrogen and oxygen atoms in total. The molecule has 0 unspecified atom stereocenters. The van der Waals surface area contributed by atoms with Crippen molar-refractivity contribution < 1.29 is 0 Å². The van der Waals surface area contributed by atoms with Gasteiger partial charge in [-0.05, 0) is 35.4 Å². The molecular formula is C13H10BrClN6. The van der Waals surface area contributed by atoms with Crippen molar-refractivity contribution in [1.29, 1.82) is 0 Å². The van der Waals surface area contributed by atoms with E-state index in [9.17, 15) is 0 Å². The molecule has 0 aliphatic heterocycles. The normalized spacial score (nSPS) is 10.6. The van der Waals surface area contributed by atoms with Crippen LogP contribution in [0.2, 0.25) is 5.28 Å². The van der Waals surface area contributed by atoms with E-state index >= 15 is 0 Å². The van der Waals surface area contributed by atoms with Gasteiger partial charge < -0.3 is 5.32 Å². The highest BCUT2D eigenvalue weighted by molar-refractivity contribution is 9.10. The zero-order chi connectivity index (χ0) is 14.7. The van der Waals surface area contributed by atoms with Crippen molar-refractivity contribution in [3.63, 3.8) is 0 Å². The summed E-state index contributed by atoms with van der Waals surface area (Å²) in [4.78, 5) is 12.4. The van der Waals surface area contributed by atoms with Crippen LogP contribution in [0.3, 0.4) is 0 Å². The molecule has 0 fully saturated rings. The summed E-state index contributed by atoms with van der Waals surface area (Å²) in [6.45, 7) is 0.582. The summed E-state index contributed by atoms with van der Waals surface area (Å²) in [6.07, 6.45) is 3.38. The molecule has 21 heavy (non-hydrogen) atoms. The summed E-state index contributed by atoms with van der Waals surface area (Å²) in [5.41, 5.74) is 1.10. The van der Waals surface area contributed by atoms with Crippen molar-refractivity contribution >= 4 is 33.5 Å². The van der Waals surface area contributed by atoms with Gasteiger partial charge >= 0.3 is 0 Å². The van der Waals surface area contributed by atoms with Crippen LogP contribution in [0.4, 0.5) is 5.95 Å². The first-order chi connectivity index (χ1) is 10.2. The molecule has 0 aliphatic rings. The van der Waals surface area contributed by atoms with Crippen LogP contribution in [0, 0.1) is 0 Å². The van der Waals surface area contributed by atoms with Crippen LogP contribution in [0.5, 0.6) is 0 Å². The number of nitrogens with one attached hydrogen (secondary N) is 1. The minimum absolute atomic E-state index is 0.118. The maximum Gasteiger partial charge on any atom is 0.256 e. The fourth-order valence-electron chi connectivity index (χ4n) is 1.74. The summed E-state index contributed by atoms with van der Waals surface area (Å²) in [7, 11) is 0. The third-order valence-corrected chi connectivity index (χ3v) is 3.31. The Morgan fingerprint density at radius 3 is 2.86 bits per heavy atom. The third-order valence-electron chi connectivity index (χ3n) is 2.65. The lowest BCUT2D eigenvalue weighted by atomic mass is 10.2. The Hall–Kier alpha value is -1.99. The van der Waals surface area contributed by atoms with E-state index in [0.29, 0.717) is 18.4 Å². The molecule has 2 heterocycles. The number of nitrogens with zero attached hydrogens (tertiary/aromatic N) is 5. The standard InChI is InChI=1S/C13H10BrClN6/c14-10-4-1-3-9(7-10)8-16-12-18-11(15)19-13(20-12)21-6-2-5-17-21/h1-7H,8H2,(H,16,18,19,20). The highest BCUT2D eigenvalue weighted by atomic mass is 79.9. The Kier molecular flexibility index (Phi) is 4.12. The second kappa shape index (κ2) is 6.19. The quantitative estimate of drug-likeness (QED) is 0.769. The van der Waals surface area contributed by atoms with E-state index in [2.05, 4.69) is 41.3 Å². The molecule has 0 bridgehead atoms. The first kappa shape index (κ1) is 14.0. The average molecular weight is 366 g/mol. The predicted octanol–water partition coefficient (Wildman–Crippen LogP) is 3.09. The number of hydrogen-bond donors (Lipinski definition) is 1. The van der Waals surface area contributed by atoms with Gasteiger partial charge in [-0.1, -0.05) is 28.1 Å². The van der Waals surface area contributed by atoms with E-state index in [1.54, 1.807) is 18.5 Å². The molecule has 0 atom stereocenters. The molecule has 0 amide bonds. The first-order valence-corrected chi connectivity index (χ1v) is 7.28. The Morgan fingerprint density at radius 2 is 2.10 bits per heavy atom. The molecule has 1 aromatic carbocycles. The second-order valence-corrected chi connectivity index (χ2v) is 5.42. The Bertz CT molecular complexity index is 746. The van der Waals surface area contributed by atoms with Crippen LogP contribution < -0.4 is 5.32 Å². The third kappa shape index (κ3) is 3.56. The van der Waals surface area contributed by atoms with Gasteiger partial charge in [0.2, 0.25) is 11.2 Å². The van der Waals surface area contributed by atoms with E-state index in [1.165, 1.54) is 4.68 Å². The second-order valence-electron chi connectivity index (χ2n) is 4.16. The number of benzene rings is 1. The highest BCUT2D eigenvalue weighted by Gasteiger charge is 2.07. The van der Waals surface area contributed by atoms with Crippen molar-refractivity contribution in [1.82, 2.24) is 24.7 Å². The number of aromatic nitrogens is 5. The number of halogens is 2. The summed E-state index contributed by atoms with van der Waals surface area (Å²) in [6, 6.07) is 9.75. The number of rotatable bonds is 4. The monoisotopic (exact) mass is 364 g/mol. The molecule has 0 saturated heterocycles. The largest absolute Gasteiger partial charge is 0.350 e. The molecule has 3 aromatic rings. The van der Waals surface area contributed by atoms with Gasteiger partial charge in [-0.15, -0.1) is 0 Å². The number of hydrogen-bond acceptors (Lipinski definition) is 5. The maximum absolute atomic E-state index is 5.92. The lowest BCUT2D eigenvalue weighted by Crippen LogP contribution is -2.09. The van der Waals surface area contributed by atoms with Crippen molar-refractivity contribution in [3.05, 3.63) is 58.0 Å². The zero-order valence-corrected chi connectivity index (χ0v) is 13.1. The molecule has 3 rings (SSSR count). The molecular weight excluding hydrogens is 356 g/mol. The molecule has 1 N–H and O–H groups in total. The van der Waals surface area contributed by atoms with Crippen LogP contribution in [-0.2, 0) is 6.54 Å². The average Bonchev–Trinajstić information content (AvgIpc) is 2.99. The smallest absolute Gasteiger partial charge is 0.256 e. The van der Waals surface area contributed by atoms with Crippen LogP contribution >= 0.6 is 27.5 Å². The predicted molar refractivity (Wildman–Crippen MR) is 83.4 cm³/mol. The lowest BCUT2D eigenvalue weighted by molar-refractivity contribution is 0.794. The molecule has 0 saturated carbocycles. The van der Waals surface area contributed by atoms with E-state index in [0.717, 1.165) is 10.0 Å². The van der Waals surface area contributed by atoms with Gasteiger partial charge in [0, 0.05) is 23.4 Å². The molecule has 106 valence electrons. The lowest BCUT2D eigenvalue weighted by Gasteiger charge is -2.07. The van der Waals surface area contributed by atoms with Gasteiger partial charge in [0.1, 0.15) is 0 Å². The maximum atomic E-state index is 5.92. The minimum atomic E-state index is 0.118.